The normalized spacial score (nSPS) is 11.4. The molecule has 0 aromatic carbocycles. The molecule has 1 rings (SSSR count). The molecule has 0 unspecified atom stereocenters. The fourth-order valence-corrected chi connectivity index (χ4v) is 2.02. The molecule has 0 aliphatic rings. The fraction of sp³-hybridized carbons (Fsp3) is 0.545. The van der Waals surface area contributed by atoms with E-state index in [-0.39, 0.29) is 18.0 Å². The topological polar surface area (TPSA) is 104 Å². The van der Waals surface area contributed by atoms with Crippen molar-refractivity contribution in [3.8, 4) is 0 Å². The molecule has 0 aliphatic carbocycles. The molecule has 0 aliphatic heterocycles. The van der Waals surface area contributed by atoms with Crippen molar-refractivity contribution in [1.82, 2.24) is 19.8 Å². The zero-order chi connectivity index (χ0) is 15.2. The highest BCUT2D eigenvalue weighted by Gasteiger charge is 2.14. The Bertz CT molecular complexity index is 542. The number of amides is 1. The number of carbonyl (C=O) groups excluding carboxylic acids is 1. The number of anilines is 1. The van der Waals surface area contributed by atoms with Gasteiger partial charge in [0.15, 0.2) is 5.69 Å². The first-order chi connectivity index (χ1) is 9.36. The average Bonchev–Trinajstić information content (AvgIpc) is 2.39. The molecular weight excluding hydrogens is 282 g/mol. The van der Waals surface area contributed by atoms with Crippen LogP contribution >= 0.6 is 0 Å². The Balaban J connectivity index is 2.51. The van der Waals surface area contributed by atoms with Gasteiger partial charge in [0.2, 0.25) is 10.0 Å². The number of nitrogens with zero attached hydrogens (tertiary/aromatic N) is 3. The summed E-state index contributed by atoms with van der Waals surface area (Å²) in [6, 6.07) is 3.17. The van der Waals surface area contributed by atoms with E-state index < -0.39 is 15.9 Å². The van der Waals surface area contributed by atoms with Gasteiger partial charge in [0.1, 0.15) is 5.82 Å². The van der Waals surface area contributed by atoms with Crippen LogP contribution < -0.4 is 10.6 Å². The molecule has 1 aromatic rings. The van der Waals surface area contributed by atoms with E-state index in [2.05, 4.69) is 20.8 Å². The van der Waals surface area contributed by atoms with Gasteiger partial charge < -0.3 is 10.6 Å². The van der Waals surface area contributed by atoms with E-state index in [0.717, 1.165) is 4.31 Å². The number of hydrogen-bond donors (Lipinski definition) is 2. The second-order valence-electron chi connectivity index (χ2n) is 4.19. The van der Waals surface area contributed by atoms with E-state index in [1.807, 2.05) is 6.92 Å². The lowest BCUT2D eigenvalue weighted by Gasteiger charge is -2.11. The number of aromatic nitrogens is 2. The molecule has 112 valence electrons. The van der Waals surface area contributed by atoms with Crippen molar-refractivity contribution in [2.45, 2.75) is 6.92 Å². The van der Waals surface area contributed by atoms with E-state index in [1.165, 1.54) is 20.2 Å². The van der Waals surface area contributed by atoms with Crippen LogP contribution in [0, 0.1) is 0 Å². The highest BCUT2D eigenvalue weighted by molar-refractivity contribution is 7.89. The van der Waals surface area contributed by atoms with Crippen LogP contribution in [-0.2, 0) is 10.0 Å². The molecule has 1 amide bonds. The summed E-state index contributed by atoms with van der Waals surface area (Å²) in [4.78, 5) is 11.7. The zero-order valence-electron chi connectivity index (χ0n) is 11.8. The summed E-state index contributed by atoms with van der Waals surface area (Å²) in [6.45, 7) is 2.66. The molecule has 0 radical (unpaired) electrons. The Labute approximate surface area is 118 Å². The van der Waals surface area contributed by atoms with Gasteiger partial charge in [-0.15, -0.1) is 10.2 Å². The molecule has 0 saturated carbocycles. The minimum absolute atomic E-state index is 0.0238. The van der Waals surface area contributed by atoms with Crippen molar-refractivity contribution in [2.75, 3.05) is 38.3 Å². The first-order valence-electron chi connectivity index (χ1n) is 6.13. The van der Waals surface area contributed by atoms with E-state index >= 15 is 0 Å². The largest absolute Gasteiger partial charge is 0.369 e. The van der Waals surface area contributed by atoms with Gasteiger partial charge in [-0.1, -0.05) is 0 Å². The monoisotopic (exact) mass is 301 g/mol. The fourth-order valence-electron chi connectivity index (χ4n) is 1.30. The Morgan fingerprint density at radius 2 is 2.00 bits per heavy atom. The molecule has 0 atom stereocenters. The van der Waals surface area contributed by atoms with Crippen molar-refractivity contribution in [3.05, 3.63) is 17.8 Å². The number of carbonyl (C=O) groups is 1. The first kappa shape index (κ1) is 16.3. The summed E-state index contributed by atoms with van der Waals surface area (Å²) in [5.74, 6) is -0.0250. The van der Waals surface area contributed by atoms with Gasteiger partial charge in [-0.25, -0.2) is 12.7 Å². The summed E-state index contributed by atoms with van der Waals surface area (Å²) < 4.78 is 24.1. The van der Waals surface area contributed by atoms with Crippen molar-refractivity contribution in [3.63, 3.8) is 0 Å². The predicted molar refractivity (Wildman–Crippen MR) is 76.0 cm³/mol. The van der Waals surface area contributed by atoms with Crippen LogP contribution in [0.1, 0.15) is 17.4 Å². The van der Waals surface area contributed by atoms with Crippen LogP contribution in [0.2, 0.25) is 0 Å². The second kappa shape index (κ2) is 7.15. The molecule has 0 saturated heterocycles. The third-order valence-electron chi connectivity index (χ3n) is 2.46. The van der Waals surface area contributed by atoms with Crippen LogP contribution in [-0.4, -0.2) is 61.8 Å². The molecule has 2 N–H and O–H groups in total. The van der Waals surface area contributed by atoms with Gasteiger partial charge in [-0.3, -0.25) is 4.79 Å². The van der Waals surface area contributed by atoms with Gasteiger partial charge in [0.05, 0.1) is 5.75 Å². The summed E-state index contributed by atoms with van der Waals surface area (Å²) >= 11 is 0. The Morgan fingerprint density at radius 1 is 1.30 bits per heavy atom. The predicted octanol–water partition coefficient (Wildman–Crippen LogP) is -0.470. The van der Waals surface area contributed by atoms with E-state index in [0.29, 0.717) is 12.4 Å². The maximum atomic E-state index is 11.7. The van der Waals surface area contributed by atoms with E-state index in [1.54, 1.807) is 6.07 Å². The van der Waals surface area contributed by atoms with Gasteiger partial charge in [0, 0.05) is 27.2 Å². The highest BCUT2D eigenvalue weighted by Crippen LogP contribution is 2.01. The van der Waals surface area contributed by atoms with E-state index in [4.69, 9.17) is 0 Å². The molecule has 0 bridgehead atoms. The molecular formula is C11H19N5O3S. The summed E-state index contributed by atoms with van der Waals surface area (Å²) in [5, 5.41) is 13.0. The molecule has 8 nitrogen and oxygen atoms in total. The van der Waals surface area contributed by atoms with Crippen molar-refractivity contribution in [2.24, 2.45) is 0 Å². The minimum Gasteiger partial charge on any atom is -0.369 e. The molecule has 1 aromatic heterocycles. The standard InChI is InChI=1S/C11H19N5O3S/c1-4-12-10-6-5-9(14-15-10)11(17)13-7-8-20(18,19)16(2)3/h5-6H,4,7-8H2,1-3H3,(H,12,15)(H,13,17). The van der Waals surface area contributed by atoms with Crippen LogP contribution in [0.5, 0.6) is 0 Å². The molecule has 9 heteroatoms. The van der Waals surface area contributed by atoms with Crippen molar-refractivity contribution in [1.29, 1.82) is 0 Å². The van der Waals surface area contributed by atoms with Crippen LogP contribution in [0.4, 0.5) is 5.82 Å². The maximum Gasteiger partial charge on any atom is 0.271 e. The third kappa shape index (κ3) is 4.74. The smallest absolute Gasteiger partial charge is 0.271 e. The van der Waals surface area contributed by atoms with Gasteiger partial charge >= 0.3 is 0 Å². The molecule has 1 heterocycles. The number of hydrogen-bond acceptors (Lipinski definition) is 6. The molecule has 0 fully saturated rings. The lowest BCUT2D eigenvalue weighted by molar-refractivity contribution is 0.0950. The van der Waals surface area contributed by atoms with E-state index in [9.17, 15) is 13.2 Å². The van der Waals surface area contributed by atoms with Crippen LogP contribution in [0.15, 0.2) is 12.1 Å². The maximum absolute atomic E-state index is 11.7. The van der Waals surface area contributed by atoms with Gasteiger partial charge in [-0.2, -0.15) is 0 Å². The number of sulfonamides is 1. The number of nitrogens with one attached hydrogen (secondary N) is 2. The summed E-state index contributed by atoms with van der Waals surface area (Å²) in [7, 11) is -0.425. The second-order valence-corrected chi connectivity index (χ2v) is 6.49. The lowest BCUT2D eigenvalue weighted by atomic mass is 10.3. The molecule has 20 heavy (non-hydrogen) atoms. The minimum atomic E-state index is -3.32. The summed E-state index contributed by atoms with van der Waals surface area (Å²) in [6.07, 6.45) is 0. The Hall–Kier alpha value is -1.74. The van der Waals surface area contributed by atoms with Gasteiger partial charge in [-0.05, 0) is 19.1 Å². The quantitative estimate of drug-likeness (QED) is 0.705. The number of rotatable bonds is 7. The van der Waals surface area contributed by atoms with Gasteiger partial charge in [0.25, 0.3) is 5.91 Å². The average molecular weight is 301 g/mol. The first-order valence-corrected chi connectivity index (χ1v) is 7.73. The Morgan fingerprint density at radius 3 is 2.50 bits per heavy atom. The van der Waals surface area contributed by atoms with Crippen molar-refractivity contribution >= 4 is 21.7 Å². The highest BCUT2D eigenvalue weighted by atomic mass is 32.2. The van der Waals surface area contributed by atoms with Crippen LogP contribution in [0.3, 0.4) is 0 Å². The SMILES string of the molecule is CCNc1ccc(C(=O)NCCS(=O)(=O)N(C)C)nn1. The summed E-state index contributed by atoms with van der Waals surface area (Å²) in [5.41, 5.74) is 0.147. The molecule has 0 spiro atoms. The zero-order valence-corrected chi connectivity index (χ0v) is 12.6. The van der Waals surface area contributed by atoms with Crippen molar-refractivity contribution < 1.29 is 13.2 Å². The third-order valence-corrected chi connectivity index (χ3v) is 4.29. The Kier molecular flexibility index (Phi) is 5.83. The van der Waals surface area contributed by atoms with Crippen LogP contribution in [0.25, 0.3) is 0 Å². The lowest BCUT2D eigenvalue weighted by Crippen LogP contribution is -2.34.